The maximum atomic E-state index is 13.6. The van der Waals surface area contributed by atoms with Crippen LogP contribution in [0.15, 0.2) is 69.1 Å². The highest BCUT2D eigenvalue weighted by Gasteiger charge is 2.37. The van der Waals surface area contributed by atoms with E-state index in [-0.39, 0.29) is 23.6 Å². The predicted molar refractivity (Wildman–Crippen MR) is 170 cm³/mol. The lowest BCUT2D eigenvalue weighted by Crippen LogP contribution is -2.54. The average Bonchev–Trinajstić information content (AvgIpc) is 2.95. The molecule has 43 heavy (non-hydrogen) atoms. The average molecular weight is 736 g/mol. The lowest BCUT2D eigenvalue weighted by atomic mass is 10.1. The van der Waals surface area contributed by atoms with Gasteiger partial charge in [-0.3, -0.25) is 19.7 Å². The molecule has 2 N–H and O–H groups in total. The van der Waals surface area contributed by atoms with Gasteiger partial charge in [0.1, 0.15) is 11.3 Å². The summed E-state index contributed by atoms with van der Waals surface area (Å²) in [6, 6.07) is 13.6. The van der Waals surface area contributed by atoms with Crippen molar-refractivity contribution in [3.8, 4) is 17.2 Å². The zero-order chi connectivity index (χ0) is 31.1. The number of amides is 5. The Morgan fingerprint density at radius 2 is 1.72 bits per heavy atom. The van der Waals surface area contributed by atoms with Crippen LogP contribution in [0.5, 0.6) is 17.2 Å². The van der Waals surface area contributed by atoms with Crippen molar-refractivity contribution < 1.29 is 33.4 Å². The quantitative estimate of drug-likeness (QED) is 0.165. The van der Waals surface area contributed by atoms with Crippen molar-refractivity contribution in [1.82, 2.24) is 5.32 Å². The van der Waals surface area contributed by atoms with Crippen molar-refractivity contribution in [1.29, 1.82) is 0 Å². The molecule has 224 valence electrons. The summed E-state index contributed by atoms with van der Waals surface area (Å²) in [5, 5.41) is 5.43. The number of urea groups is 1. The number of hydrogen-bond donors (Lipinski definition) is 2. The Morgan fingerprint density at radius 1 is 0.977 bits per heavy atom. The molecule has 1 saturated heterocycles. The van der Waals surface area contributed by atoms with Crippen LogP contribution >= 0.6 is 43.5 Å². The Labute approximate surface area is 269 Å². The van der Waals surface area contributed by atoms with Crippen molar-refractivity contribution in [2.24, 2.45) is 0 Å². The number of benzene rings is 3. The molecule has 1 fully saturated rings. The van der Waals surface area contributed by atoms with Crippen molar-refractivity contribution in [2.45, 2.75) is 20.3 Å². The summed E-state index contributed by atoms with van der Waals surface area (Å²) >= 11 is 12.7. The molecule has 4 rings (SSSR count). The Morgan fingerprint density at radius 3 is 2.42 bits per heavy atom. The van der Waals surface area contributed by atoms with Gasteiger partial charge >= 0.3 is 6.03 Å². The predicted octanol–water partition coefficient (Wildman–Crippen LogP) is 6.74. The molecule has 13 heteroatoms. The van der Waals surface area contributed by atoms with Gasteiger partial charge in [-0.2, -0.15) is 0 Å². The minimum Gasteiger partial charge on any atom is -0.490 e. The first-order chi connectivity index (χ1) is 20.6. The van der Waals surface area contributed by atoms with Crippen LogP contribution in [0.2, 0.25) is 5.02 Å². The number of rotatable bonds is 11. The van der Waals surface area contributed by atoms with Crippen LogP contribution in [-0.4, -0.2) is 43.6 Å². The summed E-state index contributed by atoms with van der Waals surface area (Å²) in [7, 11) is 0. The van der Waals surface area contributed by atoms with E-state index in [9.17, 15) is 19.2 Å². The summed E-state index contributed by atoms with van der Waals surface area (Å²) < 4.78 is 18.2. The highest BCUT2D eigenvalue weighted by atomic mass is 79.9. The number of imide groups is 2. The molecule has 10 nitrogen and oxygen atoms in total. The highest BCUT2D eigenvalue weighted by Crippen LogP contribution is 2.36. The number of nitrogens with zero attached hydrogens (tertiary/aromatic N) is 1. The molecule has 0 spiro atoms. The first-order valence-corrected chi connectivity index (χ1v) is 15.1. The fourth-order valence-corrected chi connectivity index (χ4v) is 5.49. The van der Waals surface area contributed by atoms with Gasteiger partial charge in [0.05, 0.1) is 23.4 Å². The van der Waals surface area contributed by atoms with E-state index in [0.717, 1.165) is 11.3 Å². The molecule has 0 unspecified atom stereocenters. The molecule has 1 aliphatic heterocycles. The van der Waals surface area contributed by atoms with Crippen LogP contribution in [-0.2, 0) is 14.4 Å². The van der Waals surface area contributed by atoms with Gasteiger partial charge in [-0.1, -0.05) is 34.5 Å². The molecule has 0 aromatic heterocycles. The Kier molecular flexibility index (Phi) is 10.8. The van der Waals surface area contributed by atoms with Crippen LogP contribution in [0.25, 0.3) is 6.08 Å². The summed E-state index contributed by atoms with van der Waals surface area (Å²) in [5.74, 6) is -1.19. The molecule has 5 amide bonds. The number of barbiturate groups is 1. The lowest BCUT2D eigenvalue weighted by molar-refractivity contribution is -0.122. The summed E-state index contributed by atoms with van der Waals surface area (Å²) in [6.45, 7) is 4.17. The third kappa shape index (κ3) is 7.95. The van der Waals surface area contributed by atoms with E-state index < -0.39 is 23.8 Å². The van der Waals surface area contributed by atoms with Crippen LogP contribution in [0.4, 0.5) is 16.2 Å². The van der Waals surface area contributed by atoms with Crippen molar-refractivity contribution in [3.63, 3.8) is 0 Å². The fraction of sp³-hybridized carbons (Fsp3) is 0.200. The Hall–Kier alpha value is -3.87. The fourth-order valence-electron chi connectivity index (χ4n) is 3.99. The SMILES string of the molecule is CCCOc1ccc(N2C(=O)NC(=O)/C(=C\c3cc(Br)cc(Br)c3OCC(=O)Nc3ccc(Cl)cc3)C2=O)cc1OCC. The number of hydrogen-bond acceptors (Lipinski definition) is 7. The molecule has 0 aliphatic carbocycles. The van der Waals surface area contributed by atoms with Gasteiger partial charge < -0.3 is 19.5 Å². The van der Waals surface area contributed by atoms with E-state index in [1.807, 2.05) is 6.92 Å². The topological polar surface area (TPSA) is 123 Å². The largest absolute Gasteiger partial charge is 0.490 e. The second-order valence-electron chi connectivity index (χ2n) is 9.02. The molecule has 3 aromatic rings. The first-order valence-electron chi connectivity index (χ1n) is 13.1. The van der Waals surface area contributed by atoms with Crippen LogP contribution < -0.4 is 29.7 Å². The van der Waals surface area contributed by atoms with Gasteiger partial charge in [0.2, 0.25) is 0 Å². The molecular formula is C30H26Br2ClN3O7. The molecular weight excluding hydrogens is 710 g/mol. The molecule has 3 aromatic carbocycles. The van der Waals surface area contributed by atoms with Gasteiger partial charge in [0.15, 0.2) is 18.1 Å². The van der Waals surface area contributed by atoms with Crippen LogP contribution in [0, 0.1) is 0 Å². The first kappa shape index (κ1) is 32.1. The Bertz CT molecular complexity index is 1600. The highest BCUT2D eigenvalue weighted by molar-refractivity contribution is 9.11. The second kappa shape index (κ2) is 14.5. The van der Waals surface area contributed by atoms with Crippen LogP contribution in [0.3, 0.4) is 0 Å². The minimum absolute atomic E-state index is 0.180. The van der Waals surface area contributed by atoms with Crippen molar-refractivity contribution >= 4 is 84.7 Å². The normalized spacial score (nSPS) is 14.0. The van der Waals surface area contributed by atoms with E-state index >= 15 is 0 Å². The zero-order valence-electron chi connectivity index (χ0n) is 23.0. The molecule has 0 bridgehead atoms. The molecule has 0 radical (unpaired) electrons. The van der Waals surface area contributed by atoms with Crippen molar-refractivity contribution in [3.05, 3.63) is 79.7 Å². The molecule has 1 aliphatic rings. The van der Waals surface area contributed by atoms with E-state index in [1.54, 1.807) is 49.4 Å². The minimum atomic E-state index is -0.914. The molecule has 0 atom stereocenters. The summed E-state index contributed by atoms with van der Waals surface area (Å²) in [6.07, 6.45) is 2.07. The van der Waals surface area contributed by atoms with E-state index in [0.29, 0.717) is 49.9 Å². The van der Waals surface area contributed by atoms with Gasteiger partial charge in [0.25, 0.3) is 17.7 Å². The van der Waals surface area contributed by atoms with E-state index in [4.69, 9.17) is 25.8 Å². The number of carbonyl (C=O) groups is 4. The third-order valence-corrected chi connectivity index (χ3v) is 7.16. The zero-order valence-corrected chi connectivity index (χ0v) is 27.0. The summed E-state index contributed by atoms with van der Waals surface area (Å²) in [5.41, 5.74) is 0.678. The smallest absolute Gasteiger partial charge is 0.335 e. The van der Waals surface area contributed by atoms with Gasteiger partial charge in [-0.05, 0) is 83.9 Å². The number of halogens is 3. The second-order valence-corrected chi connectivity index (χ2v) is 11.2. The van der Waals surface area contributed by atoms with Gasteiger partial charge in [-0.25, -0.2) is 9.69 Å². The maximum absolute atomic E-state index is 13.6. The third-order valence-electron chi connectivity index (χ3n) is 5.86. The van der Waals surface area contributed by atoms with E-state index in [2.05, 4.69) is 42.5 Å². The van der Waals surface area contributed by atoms with Crippen LogP contribution in [0.1, 0.15) is 25.8 Å². The van der Waals surface area contributed by atoms with Crippen molar-refractivity contribution in [2.75, 3.05) is 30.0 Å². The lowest BCUT2D eigenvalue weighted by Gasteiger charge is -2.27. The monoisotopic (exact) mass is 733 g/mol. The number of nitrogens with one attached hydrogen (secondary N) is 2. The maximum Gasteiger partial charge on any atom is 0.335 e. The standard InChI is InChI=1S/C30H26Br2ClN3O7/c1-3-11-42-24-10-9-21(15-25(24)41-4-2)36-29(39)22(28(38)35-30(36)40)13-17-12-18(31)14-23(32)27(17)43-16-26(37)34-20-7-5-19(33)6-8-20/h5-10,12-15H,3-4,11,16H2,1-2H3,(H,34,37)(H,35,38,40)/b22-13+. The number of ether oxygens (including phenoxy) is 3. The van der Waals surface area contributed by atoms with E-state index in [1.165, 1.54) is 18.2 Å². The number of anilines is 2. The van der Waals surface area contributed by atoms with Gasteiger partial charge in [-0.15, -0.1) is 0 Å². The Balaban J connectivity index is 1.63. The summed E-state index contributed by atoms with van der Waals surface area (Å²) in [4.78, 5) is 52.7. The molecule has 1 heterocycles. The molecule has 0 saturated carbocycles. The van der Waals surface area contributed by atoms with Gasteiger partial charge in [0, 0.05) is 26.8 Å². The number of carbonyl (C=O) groups excluding carboxylic acids is 4.